The fourth-order valence-electron chi connectivity index (χ4n) is 1.42. The SMILES string of the molecule is CSc1c(CCl)ccc2cc(I)sc12. The van der Waals surface area contributed by atoms with Crippen molar-refractivity contribution in [2.75, 3.05) is 6.26 Å². The van der Waals surface area contributed by atoms with Gasteiger partial charge in [-0.25, -0.2) is 0 Å². The molecule has 2 aromatic rings. The zero-order valence-electron chi connectivity index (χ0n) is 7.51. The third kappa shape index (κ3) is 1.92. The second-order valence-electron chi connectivity index (χ2n) is 2.86. The molecular formula is C10H8ClIS2. The molecule has 0 aliphatic heterocycles. The molecule has 0 N–H and O–H groups in total. The van der Waals surface area contributed by atoms with Crippen molar-refractivity contribution >= 4 is 67.4 Å². The maximum atomic E-state index is 5.91. The summed E-state index contributed by atoms with van der Waals surface area (Å²) >= 11 is 11.9. The Hall–Kier alpha value is 0.550. The number of alkyl halides is 1. The van der Waals surface area contributed by atoms with Crippen molar-refractivity contribution in [2.45, 2.75) is 10.8 Å². The van der Waals surface area contributed by atoms with Crippen molar-refractivity contribution in [3.8, 4) is 0 Å². The van der Waals surface area contributed by atoms with Gasteiger partial charge in [-0.1, -0.05) is 12.1 Å². The fraction of sp³-hybridized carbons (Fsp3) is 0.200. The molecule has 1 heterocycles. The van der Waals surface area contributed by atoms with Crippen LogP contribution in [0.25, 0.3) is 10.1 Å². The number of thioether (sulfide) groups is 1. The molecule has 1 aromatic heterocycles. The highest BCUT2D eigenvalue weighted by Gasteiger charge is 2.08. The standard InChI is InChI=1S/C10H8ClIS2/c1-13-9-7(5-11)3-2-6-4-8(12)14-10(6)9/h2-4H,5H2,1H3. The van der Waals surface area contributed by atoms with E-state index in [4.69, 9.17) is 11.6 Å². The van der Waals surface area contributed by atoms with Crippen LogP contribution in [-0.4, -0.2) is 6.26 Å². The van der Waals surface area contributed by atoms with E-state index in [2.05, 4.69) is 47.0 Å². The van der Waals surface area contributed by atoms with E-state index in [1.54, 1.807) is 11.8 Å². The summed E-state index contributed by atoms with van der Waals surface area (Å²) in [6.45, 7) is 0. The molecule has 4 heteroatoms. The Bertz CT molecular complexity index is 464. The molecule has 0 fully saturated rings. The number of thiophene rings is 1. The number of benzene rings is 1. The number of halogens is 2. The molecule has 0 atom stereocenters. The third-order valence-corrected chi connectivity index (χ3v) is 5.26. The average Bonchev–Trinajstić information content (AvgIpc) is 2.56. The van der Waals surface area contributed by atoms with Gasteiger partial charge in [-0.15, -0.1) is 34.7 Å². The molecule has 1 aromatic carbocycles. The number of hydrogen-bond donors (Lipinski definition) is 0. The lowest BCUT2D eigenvalue weighted by Gasteiger charge is -2.04. The first-order chi connectivity index (χ1) is 6.76. The van der Waals surface area contributed by atoms with Gasteiger partial charge in [-0.05, 0) is 45.9 Å². The minimum Gasteiger partial charge on any atom is -0.128 e. The molecule has 0 aliphatic rings. The maximum Gasteiger partial charge on any atom is 0.0666 e. The van der Waals surface area contributed by atoms with Crippen LogP contribution in [0.5, 0.6) is 0 Å². The molecule has 14 heavy (non-hydrogen) atoms. The number of fused-ring (bicyclic) bond motifs is 1. The topological polar surface area (TPSA) is 0 Å². The van der Waals surface area contributed by atoms with Gasteiger partial charge in [-0.3, -0.25) is 0 Å². The van der Waals surface area contributed by atoms with Gasteiger partial charge in [0.15, 0.2) is 0 Å². The molecule has 0 nitrogen and oxygen atoms in total. The van der Waals surface area contributed by atoms with Crippen LogP contribution in [0.4, 0.5) is 0 Å². The van der Waals surface area contributed by atoms with E-state index < -0.39 is 0 Å². The lowest BCUT2D eigenvalue weighted by molar-refractivity contribution is 1.31. The van der Waals surface area contributed by atoms with Crippen molar-refractivity contribution in [3.63, 3.8) is 0 Å². The monoisotopic (exact) mass is 354 g/mol. The molecule has 2 rings (SSSR count). The van der Waals surface area contributed by atoms with Crippen molar-refractivity contribution in [1.82, 2.24) is 0 Å². The Balaban J connectivity index is 2.75. The summed E-state index contributed by atoms with van der Waals surface area (Å²) in [5, 5.41) is 1.33. The minimum absolute atomic E-state index is 0.598. The summed E-state index contributed by atoms with van der Waals surface area (Å²) in [6, 6.07) is 6.51. The molecule has 0 saturated heterocycles. The van der Waals surface area contributed by atoms with Crippen molar-refractivity contribution in [1.29, 1.82) is 0 Å². The lowest BCUT2D eigenvalue weighted by atomic mass is 10.2. The van der Waals surface area contributed by atoms with Gasteiger partial charge >= 0.3 is 0 Å². The van der Waals surface area contributed by atoms with Gasteiger partial charge in [0.1, 0.15) is 0 Å². The van der Waals surface area contributed by atoms with E-state index in [0.29, 0.717) is 5.88 Å². The maximum absolute atomic E-state index is 5.91. The fourth-order valence-corrected chi connectivity index (χ4v) is 4.64. The van der Waals surface area contributed by atoms with Crippen LogP contribution in [0.2, 0.25) is 0 Å². The van der Waals surface area contributed by atoms with Gasteiger partial charge < -0.3 is 0 Å². The summed E-state index contributed by atoms with van der Waals surface area (Å²) in [6.07, 6.45) is 2.11. The zero-order valence-corrected chi connectivity index (χ0v) is 12.1. The largest absolute Gasteiger partial charge is 0.128 e. The summed E-state index contributed by atoms with van der Waals surface area (Å²) in [4.78, 5) is 1.34. The normalized spacial score (nSPS) is 11.1. The van der Waals surface area contributed by atoms with Crippen LogP contribution in [0.15, 0.2) is 23.1 Å². The van der Waals surface area contributed by atoms with Crippen LogP contribution >= 0.6 is 57.3 Å². The molecule has 0 radical (unpaired) electrons. The molecular weight excluding hydrogens is 347 g/mol. The highest BCUT2D eigenvalue weighted by Crippen LogP contribution is 2.37. The van der Waals surface area contributed by atoms with Crippen LogP contribution in [0.1, 0.15) is 5.56 Å². The van der Waals surface area contributed by atoms with E-state index in [0.717, 1.165) is 0 Å². The first-order valence-corrected chi connectivity index (χ1v) is 7.72. The third-order valence-electron chi connectivity index (χ3n) is 2.04. The predicted molar refractivity (Wildman–Crippen MR) is 75.9 cm³/mol. The molecule has 74 valence electrons. The summed E-state index contributed by atoms with van der Waals surface area (Å²) < 4.78 is 2.71. The summed E-state index contributed by atoms with van der Waals surface area (Å²) in [7, 11) is 0. The molecule has 0 saturated carbocycles. The second-order valence-corrected chi connectivity index (χ2v) is 6.89. The molecule has 0 bridgehead atoms. The van der Waals surface area contributed by atoms with E-state index in [1.165, 1.54) is 23.4 Å². The van der Waals surface area contributed by atoms with E-state index in [-0.39, 0.29) is 0 Å². The Labute approximate surface area is 110 Å². The van der Waals surface area contributed by atoms with E-state index in [1.807, 2.05) is 11.3 Å². The molecule has 0 aliphatic carbocycles. The van der Waals surface area contributed by atoms with Crippen LogP contribution in [-0.2, 0) is 5.88 Å². The van der Waals surface area contributed by atoms with Crippen LogP contribution in [0.3, 0.4) is 0 Å². The summed E-state index contributed by atoms with van der Waals surface area (Å²) in [5.74, 6) is 0.598. The van der Waals surface area contributed by atoms with Gasteiger partial charge in [0, 0.05) is 15.5 Å². The second kappa shape index (κ2) is 4.60. The van der Waals surface area contributed by atoms with Gasteiger partial charge in [0.05, 0.1) is 2.88 Å². The minimum atomic E-state index is 0.598. The Morgan fingerprint density at radius 1 is 1.50 bits per heavy atom. The first-order valence-electron chi connectivity index (χ1n) is 4.07. The highest BCUT2D eigenvalue weighted by molar-refractivity contribution is 14.1. The Morgan fingerprint density at radius 3 is 2.93 bits per heavy atom. The average molecular weight is 355 g/mol. The van der Waals surface area contributed by atoms with Gasteiger partial charge in [0.2, 0.25) is 0 Å². The van der Waals surface area contributed by atoms with Gasteiger partial charge in [0.25, 0.3) is 0 Å². The number of hydrogen-bond acceptors (Lipinski definition) is 2. The predicted octanol–water partition coefficient (Wildman–Crippen LogP) is 4.97. The van der Waals surface area contributed by atoms with Crippen LogP contribution < -0.4 is 0 Å². The Kier molecular flexibility index (Phi) is 3.63. The van der Waals surface area contributed by atoms with Crippen molar-refractivity contribution < 1.29 is 0 Å². The van der Waals surface area contributed by atoms with Crippen molar-refractivity contribution in [2.24, 2.45) is 0 Å². The van der Waals surface area contributed by atoms with Crippen molar-refractivity contribution in [3.05, 3.63) is 26.6 Å². The van der Waals surface area contributed by atoms with Gasteiger partial charge in [-0.2, -0.15) is 0 Å². The smallest absolute Gasteiger partial charge is 0.0666 e. The molecule has 0 unspecified atom stereocenters. The Morgan fingerprint density at radius 2 is 2.29 bits per heavy atom. The number of rotatable bonds is 2. The quantitative estimate of drug-likeness (QED) is 0.417. The zero-order chi connectivity index (χ0) is 10.1. The lowest BCUT2D eigenvalue weighted by Crippen LogP contribution is -1.82. The van der Waals surface area contributed by atoms with Crippen LogP contribution in [0, 0.1) is 2.88 Å². The molecule has 0 amide bonds. The first kappa shape index (κ1) is 11.0. The van der Waals surface area contributed by atoms with E-state index >= 15 is 0 Å². The summed E-state index contributed by atoms with van der Waals surface area (Å²) in [5.41, 5.74) is 1.24. The van der Waals surface area contributed by atoms with E-state index in [9.17, 15) is 0 Å². The highest BCUT2D eigenvalue weighted by atomic mass is 127. The molecule has 0 spiro atoms.